The first-order valence-corrected chi connectivity index (χ1v) is 9.42. The van der Waals surface area contributed by atoms with Crippen molar-refractivity contribution in [2.45, 2.75) is 52.4 Å². The Balaban J connectivity index is 2.11. The van der Waals surface area contributed by atoms with E-state index in [-0.39, 0.29) is 18.2 Å². The predicted octanol–water partition coefficient (Wildman–Crippen LogP) is 4.14. The van der Waals surface area contributed by atoms with Gasteiger partial charge in [-0.25, -0.2) is 4.98 Å². The van der Waals surface area contributed by atoms with Gasteiger partial charge < -0.3 is 4.90 Å². The highest BCUT2D eigenvalue weighted by Gasteiger charge is 2.19. The van der Waals surface area contributed by atoms with Crippen molar-refractivity contribution < 1.29 is 9.59 Å². The second-order valence-corrected chi connectivity index (χ2v) is 6.49. The van der Waals surface area contributed by atoms with Gasteiger partial charge in [-0.2, -0.15) is 0 Å². The van der Waals surface area contributed by atoms with Crippen LogP contribution in [-0.2, 0) is 11.2 Å². The first-order chi connectivity index (χ1) is 12.6. The molecule has 0 spiro atoms. The average molecular weight is 377 g/mol. The molecule has 140 valence electrons. The van der Waals surface area contributed by atoms with Crippen LogP contribution in [0.3, 0.4) is 0 Å². The van der Waals surface area contributed by atoms with Crippen molar-refractivity contribution in [3.05, 3.63) is 41.7 Å². The quantitative estimate of drug-likeness (QED) is 0.659. The number of amides is 1. The van der Waals surface area contributed by atoms with Gasteiger partial charge in [0.05, 0.1) is 18.1 Å². The highest BCUT2D eigenvalue weighted by Crippen LogP contribution is 2.16. The van der Waals surface area contributed by atoms with Crippen LogP contribution in [0.2, 0.25) is 5.15 Å². The third-order valence-electron chi connectivity index (χ3n) is 4.04. The summed E-state index contributed by atoms with van der Waals surface area (Å²) in [6.07, 6.45) is 8.88. The van der Waals surface area contributed by atoms with Crippen LogP contribution in [-0.4, -0.2) is 32.9 Å². The first-order valence-electron chi connectivity index (χ1n) is 9.04. The van der Waals surface area contributed by atoms with E-state index in [2.05, 4.69) is 16.9 Å². The smallest absolute Gasteiger partial charge is 0.233 e. The van der Waals surface area contributed by atoms with Crippen LogP contribution in [0.5, 0.6) is 0 Å². The lowest BCUT2D eigenvalue weighted by Crippen LogP contribution is -2.33. The molecule has 1 amide bonds. The van der Waals surface area contributed by atoms with Gasteiger partial charge >= 0.3 is 0 Å². The second kappa shape index (κ2) is 10.1. The van der Waals surface area contributed by atoms with Crippen molar-refractivity contribution in [1.29, 1.82) is 0 Å². The summed E-state index contributed by atoms with van der Waals surface area (Å²) in [6, 6.07) is 3.60. The van der Waals surface area contributed by atoms with E-state index >= 15 is 0 Å². The van der Waals surface area contributed by atoms with Crippen LogP contribution in [0.25, 0.3) is 0 Å². The highest BCUT2D eigenvalue weighted by atomic mass is 35.5. The van der Waals surface area contributed by atoms with Crippen molar-refractivity contribution in [1.82, 2.24) is 14.5 Å². The summed E-state index contributed by atoms with van der Waals surface area (Å²) < 4.78 is 1.52. The van der Waals surface area contributed by atoms with Crippen LogP contribution in [0.4, 0.5) is 5.69 Å². The molecule has 0 N–H and O–H groups in total. The average Bonchev–Trinajstić information content (AvgIpc) is 3.02. The monoisotopic (exact) mass is 376 g/mol. The molecule has 0 aromatic carbocycles. The van der Waals surface area contributed by atoms with Gasteiger partial charge in [0.2, 0.25) is 11.8 Å². The maximum atomic E-state index is 12.7. The van der Waals surface area contributed by atoms with Gasteiger partial charge in [0.25, 0.3) is 0 Å². The van der Waals surface area contributed by atoms with E-state index in [1.54, 1.807) is 29.6 Å². The maximum absolute atomic E-state index is 12.7. The molecule has 7 heteroatoms. The molecular weight excluding hydrogens is 352 g/mol. The van der Waals surface area contributed by atoms with E-state index < -0.39 is 0 Å². The molecule has 6 nitrogen and oxygen atoms in total. The molecule has 0 atom stereocenters. The SMILES string of the molecule is CCCCc1nc(Cl)cn1C(=O)CCN(C(=O)CCC)c1cccnc1. The zero-order valence-corrected chi connectivity index (χ0v) is 16.1. The number of halogens is 1. The first kappa shape index (κ1) is 20.1. The van der Waals surface area contributed by atoms with Crippen LogP contribution in [0.1, 0.15) is 56.6 Å². The molecule has 0 saturated heterocycles. The molecule has 26 heavy (non-hydrogen) atoms. The lowest BCUT2D eigenvalue weighted by Gasteiger charge is -2.22. The lowest BCUT2D eigenvalue weighted by molar-refractivity contribution is -0.118. The van der Waals surface area contributed by atoms with Gasteiger partial charge in [-0.3, -0.25) is 19.1 Å². The highest BCUT2D eigenvalue weighted by molar-refractivity contribution is 6.29. The van der Waals surface area contributed by atoms with E-state index in [0.717, 1.165) is 19.3 Å². The van der Waals surface area contributed by atoms with Crippen LogP contribution in [0.15, 0.2) is 30.7 Å². The number of aromatic nitrogens is 3. The molecule has 0 unspecified atom stereocenters. The molecule has 0 saturated carbocycles. The van der Waals surface area contributed by atoms with Gasteiger partial charge in [-0.15, -0.1) is 0 Å². The van der Waals surface area contributed by atoms with Gasteiger partial charge in [0, 0.05) is 32.0 Å². The van der Waals surface area contributed by atoms with Crippen molar-refractivity contribution in [2.24, 2.45) is 0 Å². The summed E-state index contributed by atoms with van der Waals surface area (Å²) >= 11 is 5.98. The lowest BCUT2D eigenvalue weighted by atomic mass is 10.2. The number of nitrogens with zero attached hydrogens (tertiary/aromatic N) is 4. The summed E-state index contributed by atoms with van der Waals surface area (Å²) in [6.45, 7) is 4.34. The standard InChI is InChI=1S/C19H25ClN4O2/c1-3-5-9-17-22-16(20)14-24(17)19(26)10-12-23(18(25)7-4-2)15-8-6-11-21-13-15/h6,8,11,13-14H,3-5,7,9-10,12H2,1-2H3. The molecule has 0 bridgehead atoms. The Morgan fingerprint density at radius 2 is 2.04 bits per heavy atom. The number of hydrogen-bond donors (Lipinski definition) is 0. The summed E-state index contributed by atoms with van der Waals surface area (Å²) in [5.41, 5.74) is 0.702. The van der Waals surface area contributed by atoms with Crippen molar-refractivity contribution >= 4 is 29.1 Å². The van der Waals surface area contributed by atoms with Gasteiger partial charge in [0.1, 0.15) is 11.0 Å². The van der Waals surface area contributed by atoms with E-state index in [4.69, 9.17) is 11.6 Å². The van der Waals surface area contributed by atoms with E-state index in [1.807, 2.05) is 13.0 Å². The Morgan fingerprint density at radius 3 is 2.69 bits per heavy atom. The van der Waals surface area contributed by atoms with Crippen molar-refractivity contribution in [3.63, 3.8) is 0 Å². The Bertz CT molecular complexity index is 730. The summed E-state index contributed by atoms with van der Waals surface area (Å²) in [5.74, 6) is 0.548. The zero-order valence-electron chi connectivity index (χ0n) is 15.3. The molecule has 0 radical (unpaired) electrons. The molecule has 2 heterocycles. The Hall–Kier alpha value is -2.21. The third kappa shape index (κ3) is 5.39. The van der Waals surface area contributed by atoms with E-state index in [0.29, 0.717) is 36.1 Å². The Labute approximate surface area is 159 Å². The molecule has 2 aromatic rings. The van der Waals surface area contributed by atoms with Crippen molar-refractivity contribution in [3.8, 4) is 0 Å². The molecule has 2 rings (SSSR count). The molecule has 0 aliphatic carbocycles. The Morgan fingerprint density at radius 1 is 1.23 bits per heavy atom. The Kier molecular flexibility index (Phi) is 7.78. The van der Waals surface area contributed by atoms with Gasteiger partial charge in [-0.1, -0.05) is 31.9 Å². The minimum absolute atomic E-state index is 0.0110. The topological polar surface area (TPSA) is 68.1 Å². The fourth-order valence-corrected chi connectivity index (χ4v) is 2.90. The number of hydrogen-bond acceptors (Lipinski definition) is 4. The fraction of sp³-hybridized carbons (Fsp3) is 0.474. The summed E-state index contributed by atoms with van der Waals surface area (Å²) in [7, 11) is 0. The largest absolute Gasteiger partial charge is 0.310 e. The number of anilines is 1. The van der Waals surface area contributed by atoms with Crippen LogP contribution in [0, 0.1) is 0 Å². The molecule has 0 aliphatic heterocycles. The molecular formula is C19H25ClN4O2. The number of pyridine rings is 1. The minimum atomic E-state index is -0.117. The van der Waals surface area contributed by atoms with Crippen molar-refractivity contribution in [2.75, 3.05) is 11.4 Å². The van der Waals surface area contributed by atoms with Crippen LogP contribution < -0.4 is 4.90 Å². The number of carbonyl (C=O) groups excluding carboxylic acids is 2. The number of rotatable bonds is 9. The summed E-state index contributed by atoms with van der Waals surface area (Å²) in [4.78, 5) is 35.1. The summed E-state index contributed by atoms with van der Waals surface area (Å²) in [5, 5.41) is 0.315. The number of carbonyl (C=O) groups is 2. The zero-order chi connectivity index (χ0) is 18.9. The van der Waals surface area contributed by atoms with E-state index in [1.165, 1.54) is 4.57 Å². The maximum Gasteiger partial charge on any atom is 0.233 e. The normalized spacial score (nSPS) is 10.7. The van der Waals surface area contributed by atoms with Gasteiger partial charge in [0.15, 0.2) is 0 Å². The minimum Gasteiger partial charge on any atom is -0.310 e. The predicted molar refractivity (Wildman–Crippen MR) is 103 cm³/mol. The molecule has 0 aliphatic rings. The number of unbranched alkanes of at least 4 members (excludes halogenated alkanes) is 1. The van der Waals surface area contributed by atoms with Crippen LogP contribution >= 0.6 is 11.6 Å². The number of imidazole rings is 1. The molecule has 0 fully saturated rings. The molecule has 2 aromatic heterocycles. The second-order valence-electron chi connectivity index (χ2n) is 6.10. The number of aryl methyl sites for hydroxylation is 1. The fourth-order valence-electron chi connectivity index (χ4n) is 2.70. The van der Waals surface area contributed by atoms with Gasteiger partial charge in [-0.05, 0) is 25.0 Å². The van der Waals surface area contributed by atoms with E-state index in [9.17, 15) is 9.59 Å². The third-order valence-corrected chi connectivity index (χ3v) is 4.23.